The number of halogens is 1. The van der Waals surface area contributed by atoms with Crippen LogP contribution in [0.25, 0.3) is 0 Å². The Bertz CT molecular complexity index is 1330. The molecule has 3 aromatic carbocycles. The van der Waals surface area contributed by atoms with Gasteiger partial charge in [-0.2, -0.15) is 0 Å². The van der Waals surface area contributed by atoms with Crippen LogP contribution in [0.4, 0.5) is 4.39 Å². The van der Waals surface area contributed by atoms with E-state index in [4.69, 9.17) is 4.74 Å². The highest BCUT2D eigenvalue weighted by Gasteiger charge is 2.54. The third-order valence-electron chi connectivity index (χ3n) is 6.87. The van der Waals surface area contributed by atoms with E-state index in [0.717, 1.165) is 22.4 Å². The molecule has 2 aliphatic heterocycles. The van der Waals surface area contributed by atoms with Gasteiger partial charge in [-0.1, -0.05) is 24.0 Å². The summed E-state index contributed by atoms with van der Waals surface area (Å²) in [6.07, 6.45) is 0. The molecule has 0 aliphatic carbocycles. The highest BCUT2D eigenvalue weighted by atomic mass is 19.1. The molecule has 6 nitrogen and oxygen atoms in total. The Morgan fingerprint density at radius 3 is 2.19 bits per heavy atom. The molecule has 3 atom stereocenters. The number of aliphatic hydroxyl groups is 1. The summed E-state index contributed by atoms with van der Waals surface area (Å²) in [6.45, 7) is 0.135. The van der Waals surface area contributed by atoms with Crippen molar-refractivity contribution >= 4 is 11.8 Å². The van der Waals surface area contributed by atoms with Crippen LogP contribution in [0.1, 0.15) is 33.0 Å². The Labute approximate surface area is 208 Å². The van der Waals surface area contributed by atoms with Crippen LogP contribution in [-0.2, 0) is 4.79 Å². The predicted molar refractivity (Wildman–Crippen MR) is 132 cm³/mol. The van der Waals surface area contributed by atoms with Crippen molar-refractivity contribution < 1.29 is 23.8 Å². The molecule has 0 spiro atoms. The minimum absolute atomic E-state index is 0.0597. The number of hydrogen-bond acceptors (Lipinski definition) is 4. The van der Waals surface area contributed by atoms with Gasteiger partial charge in [0.05, 0.1) is 25.8 Å². The van der Waals surface area contributed by atoms with Crippen LogP contribution in [0.5, 0.6) is 5.75 Å². The van der Waals surface area contributed by atoms with E-state index in [0.29, 0.717) is 12.1 Å². The van der Waals surface area contributed by atoms with E-state index >= 15 is 0 Å². The number of methoxy groups -OCH3 is 1. The molecule has 2 fully saturated rings. The minimum Gasteiger partial charge on any atom is -0.497 e. The van der Waals surface area contributed by atoms with Gasteiger partial charge in [0.1, 0.15) is 18.1 Å². The molecule has 3 aromatic rings. The number of piperazine rings is 1. The number of aliphatic hydroxyl groups excluding tert-OH is 1. The number of amides is 2. The largest absolute Gasteiger partial charge is 0.497 e. The van der Waals surface area contributed by atoms with Crippen molar-refractivity contribution in [3.63, 3.8) is 0 Å². The van der Waals surface area contributed by atoms with Crippen molar-refractivity contribution in [3.8, 4) is 17.6 Å². The fraction of sp³-hybridized carbons (Fsp3) is 0.241. The molecule has 2 amide bonds. The lowest BCUT2D eigenvalue weighted by atomic mass is 9.73. The number of ether oxygens (including phenoxy) is 1. The molecular formula is C29H25FN2O4. The van der Waals surface area contributed by atoms with Gasteiger partial charge >= 0.3 is 0 Å². The molecule has 182 valence electrons. The summed E-state index contributed by atoms with van der Waals surface area (Å²) in [4.78, 5) is 29.0. The zero-order valence-corrected chi connectivity index (χ0v) is 19.7. The maximum atomic E-state index is 13.3. The maximum Gasteiger partial charge on any atom is 0.254 e. The van der Waals surface area contributed by atoms with Gasteiger partial charge < -0.3 is 19.6 Å². The number of nitrogens with zero attached hydrogens (tertiary/aromatic N) is 2. The van der Waals surface area contributed by atoms with Crippen LogP contribution in [-0.4, -0.2) is 65.6 Å². The highest BCUT2D eigenvalue weighted by Crippen LogP contribution is 2.43. The Balaban J connectivity index is 1.32. The smallest absolute Gasteiger partial charge is 0.254 e. The molecule has 0 unspecified atom stereocenters. The van der Waals surface area contributed by atoms with Crippen molar-refractivity contribution in [2.45, 2.75) is 18.0 Å². The number of fused-ring (bicyclic) bond motifs is 1. The number of carbonyl (C=O) groups is 2. The average Bonchev–Trinajstić information content (AvgIpc) is 2.89. The summed E-state index contributed by atoms with van der Waals surface area (Å²) in [7, 11) is 1.62. The first-order chi connectivity index (χ1) is 17.5. The third-order valence-corrected chi connectivity index (χ3v) is 6.87. The van der Waals surface area contributed by atoms with Crippen molar-refractivity contribution in [3.05, 3.63) is 101 Å². The Morgan fingerprint density at radius 2 is 1.61 bits per heavy atom. The molecule has 0 aromatic heterocycles. The topological polar surface area (TPSA) is 70.1 Å². The highest BCUT2D eigenvalue weighted by molar-refractivity contribution is 5.97. The summed E-state index contributed by atoms with van der Waals surface area (Å²) >= 11 is 0. The molecule has 36 heavy (non-hydrogen) atoms. The van der Waals surface area contributed by atoms with Gasteiger partial charge in [-0.15, -0.1) is 0 Å². The predicted octanol–water partition coefficient (Wildman–Crippen LogP) is 3.05. The quantitative estimate of drug-likeness (QED) is 0.578. The Kier molecular flexibility index (Phi) is 6.45. The normalized spacial score (nSPS) is 20.6. The SMILES string of the molecule is COc1ccc(C#Cc2ccc([C@@H]3[C@@H](CO)N4C(=O)CN(C(=O)c5ccc(F)cc5)C[C@H]34)cc2)cc1. The maximum absolute atomic E-state index is 13.3. The van der Waals surface area contributed by atoms with E-state index in [1.165, 1.54) is 29.2 Å². The second-order valence-electron chi connectivity index (χ2n) is 8.94. The van der Waals surface area contributed by atoms with Crippen molar-refractivity contribution in [2.75, 3.05) is 26.8 Å². The lowest BCUT2D eigenvalue weighted by Gasteiger charge is -2.58. The first-order valence-corrected chi connectivity index (χ1v) is 11.7. The van der Waals surface area contributed by atoms with Crippen LogP contribution >= 0.6 is 0 Å². The number of carbonyl (C=O) groups excluding carboxylic acids is 2. The average molecular weight is 485 g/mol. The van der Waals surface area contributed by atoms with Gasteiger partial charge in [0.15, 0.2) is 0 Å². The summed E-state index contributed by atoms with van der Waals surface area (Å²) < 4.78 is 18.4. The van der Waals surface area contributed by atoms with E-state index in [9.17, 15) is 19.1 Å². The van der Waals surface area contributed by atoms with E-state index < -0.39 is 5.82 Å². The standard InChI is InChI=1S/C29H25FN2O4/c1-36-24-14-6-20(7-15-24)3-2-19-4-8-21(9-5-19)28-25-16-31(17-27(34)32(25)26(28)18-33)29(35)22-10-12-23(30)13-11-22/h4-15,25-26,28,33H,16-18H2,1H3/t25-,26-,28+/m1/s1. The van der Waals surface area contributed by atoms with Crippen LogP contribution in [0, 0.1) is 17.7 Å². The van der Waals surface area contributed by atoms with E-state index in [1.807, 2.05) is 48.5 Å². The van der Waals surface area contributed by atoms with Gasteiger partial charge in [-0.05, 0) is 66.2 Å². The molecule has 7 heteroatoms. The van der Waals surface area contributed by atoms with Gasteiger partial charge in [0.2, 0.25) is 5.91 Å². The summed E-state index contributed by atoms with van der Waals surface area (Å²) in [5, 5.41) is 10.0. The molecule has 2 heterocycles. The fourth-order valence-corrected chi connectivity index (χ4v) is 5.04. The van der Waals surface area contributed by atoms with Crippen LogP contribution < -0.4 is 4.74 Å². The third kappa shape index (κ3) is 4.43. The van der Waals surface area contributed by atoms with Gasteiger partial charge in [0, 0.05) is 29.2 Å². The van der Waals surface area contributed by atoms with Crippen LogP contribution in [0.15, 0.2) is 72.8 Å². The molecule has 1 N–H and O–H groups in total. The minimum atomic E-state index is -0.422. The van der Waals surface area contributed by atoms with Crippen molar-refractivity contribution in [1.29, 1.82) is 0 Å². The molecule has 2 saturated heterocycles. The van der Waals surface area contributed by atoms with E-state index in [2.05, 4.69) is 11.8 Å². The molecule has 0 bridgehead atoms. The zero-order chi connectivity index (χ0) is 25.2. The molecular weight excluding hydrogens is 459 g/mol. The Morgan fingerprint density at radius 1 is 1.00 bits per heavy atom. The second-order valence-corrected chi connectivity index (χ2v) is 8.94. The number of benzene rings is 3. The van der Waals surface area contributed by atoms with Crippen molar-refractivity contribution in [1.82, 2.24) is 9.80 Å². The van der Waals surface area contributed by atoms with Gasteiger partial charge in [-0.3, -0.25) is 9.59 Å². The summed E-state index contributed by atoms with van der Waals surface area (Å²) in [5.74, 6) is 6.03. The molecule has 0 saturated carbocycles. The van der Waals surface area contributed by atoms with E-state index in [1.54, 1.807) is 12.0 Å². The summed E-state index contributed by atoms with van der Waals surface area (Å²) in [6, 6.07) is 20.1. The van der Waals surface area contributed by atoms with Crippen LogP contribution in [0.2, 0.25) is 0 Å². The van der Waals surface area contributed by atoms with Crippen molar-refractivity contribution in [2.24, 2.45) is 0 Å². The lowest BCUT2D eigenvalue weighted by Crippen LogP contribution is -2.73. The van der Waals surface area contributed by atoms with Crippen LogP contribution in [0.3, 0.4) is 0 Å². The van der Waals surface area contributed by atoms with Gasteiger partial charge in [-0.25, -0.2) is 4.39 Å². The Hall–Kier alpha value is -4.15. The van der Waals surface area contributed by atoms with Gasteiger partial charge in [0.25, 0.3) is 5.91 Å². The zero-order valence-electron chi connectivity index (χ0n) is 19.7. The monoisotopic (exact) mass is 484 g/mol. The summed E-state index contributed by atoms with van der Waals surface area (Å²) in [5.41, 5.74) is 3.04. The number of rotatable bonds is 4. The molecule has 5 rings (SSSR count). The lowest BCUT2D eigenvalue weighted by molar-refractivity contribution is -0.159. The second kappa shape index (κ2) is 9.84. The molecule has 2 aliphatic rings. The molecule has 0 radical (unpaired) electrons. The first kappa shape index (κ1) is 23.6. The fourth-order valence-electron chi connectivity index (χ4n) is 5.04. The number of hydrogen-bond donors (Lipinski definition) is 1. The van der Waals surface area contributed by atoms with E-state index in [-0.39, 0.29) is 43.0 Å². The first-order valence-electron chi connectivity index (χ1n) is 11.7.